The first-order chi connectivity index (χ1) is 8.58. The Morgan fingerprint density at radius 1 is 1.17 bits per heavy atom. The van der Waals surface area contributed by atoms with Crippen molar-refractivity contribution in [1.29, 1.82) is 0 Å². The Bertz CT molecular complexity index is 557. The highest BCUT2D eigenvalue weighted by Gasteiger charge is 2.10. The standard InChI is InChI=1S/C14H13BrClNS/c1-9(17)11-8-10(15)6-7-13(11)18-14-5-3-2-4-12(14)16/h2-9H,17H2,1H3. The van der Waals surface area contributed by atoms with Crippen molar-refractivity contribution in [2.45, 2.75) is 22.8 Å². The Labute approximate surface area is 125 Å². The van der Waals surface area contributed by atoms with E-state index in [2.05, 4.69) is 28.1 Å². The van der Waals surface area contributed by atoms with Crippen molar-refractivity contribution in [3.05, 3.63) is 57.5 Å². The van der Waals surface area contributed by atoms with Crippen molar-refractivity contribution >= 4 is 39.3 Å². The van der Waals surface area contributed by atoms with Crippen molar-refractivity contribution in [3.8, 4) is 0 Å². The van der Waals surface area contributed by atoms with Crippen molar-refractivity contribution in [2.75, 3.05) is 0 Å². The molecule has 94 valence electrons. The van der Waals surface area contributed by atoms with Gasteiger partial charge < -0.3 is 5.73 Å². The average molecular weight is 343 g/mol. The van der Waals surface area contributed by atoms with Gasteiger partial charge in [-0.3, -0.25) is 0 Å². The normalized spacial score (nSPS) is 12.4. The molecule has 0 saturated carbocycles. The molecule has 1 nitrogen and oxygen atoms in total. The lowest BCUT2D eigenvalue weighted by molar-refractivity contribution is 0.796. The van der Waals surface area contributed by atoms with E-state index in [1.165, 1.54) is 0 Å². The Kier molecular flexibility index (Phi) is 4.73. The summed E-state index contributed by atoms with van der Waals surface area (Å²) in [4.78, 5) is 2.18. The molecule has 1 unspecified atom stereocenters. The summed E-state index contributed by atoms with van der Waals surface area (Å²) in [6.45, 7) is 1.98. The molecule has 2 aromatic rings. The van der Waals surface area contributed by atoms with Crippen LogP contribution < -0.4 is 5.73 Å². The maximum atomic E-state index is 6.18. The van der Waals surface area contributed by atoms with E-state index >= 15 is 0 Å². The summed E-state index contributed by atoms with van der Waals surface area (Å²) >= 11 is 11.3. The van der Waals surface area contributed by atoms with Crippen molar-refractivity contribution in [3.63, 3.8) is 0 Å². The number of rotatable bonds is 3. The molecule has 4 heteroatoms. The maximum Gasteiger partial charge on any atom is 0.0545 e. The van der Waals surface area contributed by atoms with Gasteiger partial charge in [0, 0.05) is 20.3 Å². The zero-order chi connectivity index (χ0) is 13.1. The largest absolute Gasteiger partial charge is 0.324 e. The molecule has 0 aliphatic carbocycles. The number of benzene rings is 2. The van der Waals surface area contributed by atoms with E-state index in [-0.39, 0.29) is 6.04 Å². The van der Waals surface area contributed by atoms with Crippen LogP contribution in [0.5, 0.6) is 0 Å². The first-order valence-electron chi connectivity index (χ1n) is 5.55. The number of halogens is 2. The second kappa shape index (κ2) is 6.11. The highest BCUT2D eigenvalue weighted by molar-refractivity contribution is 9.10. The van der Waals surface area contributed by atoms with E-state index in [0.29, 0.717) is 0 Å². The molecular formula is C14H13BrClNS. The molecule has 2 rings (SSSR count). The zero-order valence-corrected chi connectivity index (χ0v) is 13.0. The van der Waals surface area contributed by atoms with E-state index in [1.54, 1.807) is 11.8 Å². The zero-order valence-electron chi connectivity index (χ0n) is 9.86. The van der Waals surface area contributed by atoms with Crippen molar-refractivity contribution in [1.82, 2.24) is 0 Å². The predicted molar refractivity (Wildman–Crippen MR) is 82.3 cm³/mol. The van der Waals surface area contributed by atoms with Crippen LogP contribution in [-0.4, -0.2) is 0 Å². The first-order valence-corrected chi connectivity index (χ1v) is 7.54. The van der Waals surface area contributed by atoms with Crippen LogP contribution >= 0.6 is 39.3 Å². The topological polar surface area (TPSA) is 26.0 Å². The van der Waals surface area contributed by atoms with Crippen LogP contribution in [0.15, 0.2) is 56.7 Å². The molecule has 0 bridgehead atoms. The number of hydrogen-bond acceptors (Lipinski definition) is 2. The van der Waals surface area contributed by atoms with Crippen LogP contribution in [0.1, 0.15) is 18.5 Å². The van der Waals surface area contributed by atoms with Crippen LogP contribution in [0, 0.1) is 0 Å². The van der Waals surface area contributed by atoms with Gasteiger partial charge in [0.1, 0.15) is 0 Å². The van der Waals surface area contributed by atoms with Gasteiger partial charge in [0.25, 0.3) is 0 Å². The first kappa shape index (κ1) is 13.9. The van der Waals surface area contributed by atoms with Crippen LogP contribution in [0.3, 0.4) is 0 Å². The highest BCUT2D eigenvalue weighted by atomic mass is 79.9. The summed E-state index contributed by atoms with van der Waals surface area (Å²) in [7, 11) is 0. The molecule has 0 aromatic heterocycles. The molecule has 0 saturated heterocycles. The minimum absolute atomic E-state index is 0.00696. The van der Waals surface area contributed by atoms with E-state index in [4.69, 9.17) is 17.3 Å². The van der Waals surface area contributed by atoms with Gasteiger partial charge in [0.2, 0.25) is 0 Å². The molecule has 0 heterocycles. The van der Waals surface area contributed by atoms with E-state index in [9.17, 15) is 0 Å². The van der Waals surface area contributed by atoms with Gasteiger partial charge in [0.15, 0.2) is 0 Å². The van der Waals surface area contributed by atoms with Crippen molar-refractivity contribution < 1.29 is 0 Å². The second-order valence-electron chi connectivity index (χ2n) is 4.00. The smallest absolute Gasteiger partial charge is 0.0545 e. The third kappa shape index (κ3) is 3.29. The van der Waals surface area contributed by atoms with Crippen LogP contribution in [0.25, 0.3) is 0 Å². The Hall–Kier alpha value is -0.480. The Morgan fingerprint density at radius 3 is 2.56 bits per heavy atom. The summed E-state index contributed by atoms with van der Waals surface area (Å²) in [6.07, 6.45) is 0. The fraction of sp³-hybridized carbons (Fsp3) is 0.143. The lowest BCUT2D eigenvalue weighted by atomic mass is 10.1. The van der Waals surface area contributed by atoms with Gasteiger partial charge >= 0.3 is 0 Å². The summed E-state index contributed by atoms with van der Waals surface area (Å²) < 4.78 is 1.04. The molecule has 18 heavy (non-hydrogen) atoms. The highest BCUT2D eigenvalue weighted by Crippen LogP contribution is 2.37. The molecular weight excluding hydrogens is 330 g/mol. The van der Waals surface area contributed by atoms with Crippen LogP contribution in [0.2, 0.25) is 5.02 Å². The van der Waals surface area contributed by atoms with Gasteiger partial charge in [-0.2, -0.15) is 0 Å². The summed E-state index contributed by atoms with van der Waals surface area (Å²) in [5, 5.41) is 0.765. The van der Waals surface area contributed by atoms with Gasteiger partial charge in [-0.1, -0.05) is 51.4 Å². The third-order valence-corrected chi connectivity index (χ3v) is 4.62. The number of hydrogen-bond donors (Lipinski definition) is 1. The Balaban J connectivity index is 2.37. The molecule has 0 spiro atoms. The molecule has 0 aliphatic heterocycles. The molecule has 2 N–H and O–H groups in total. The predicted octanol–water partition coefficient (Wildman–Crippen LogP) is 5.27. The third-order valence-electron chi connectivity index (χ3n) is 2.52. The monoisotopic (exact) mass is 341 g/mol. The Morgan fingerprint density at radius 2 is 1.89 bits per heavy atom. The maximum absolute atomic E-state index is 6.18. The van der Waals surface area contributed by atoms with Gasteiger partial charge in [-0.25, -0.2) is 0 Å². The molecule has 2 aromatic carbocycles. The average Bonchev–Trinajstić information content (AvgIpc) is 2.34. The van der Waals surface area contributed by atoms with E-state index in [1.807, 2.05) is 37.3 Å². The minimum atomic E-state index is -0.00696. The summed E-state index contributed by atoms with van der Waals surface area (Å²) in [6, 6.07) is 14.0. The molecule has 0 fully saturated rings. The minimum Gasteiger partial charge on any atom is -0.324 e. The van der Waals surface area contributed by atoms with Crippen LogP contribution in [-0.2, 0) is 0 Å². The fourth-order valence-corrected chi connectivity index (χ4v) is 3.29. The molecule has 0 radical (unpaired) electrons. The van der Waals surface area contributed by atoms with Gasteiger partial charge in [0.05, 0.1) is 5.02 Å². The van der Waals surface area contributed by atoms with Crippen molar-refractivity contribution in [2.24, 2.45) is 5.73 Å². The molecule has 1 atom stereocenters. The van der Waals surface area contributed by atoms with Gasteiger partial charge in [-0.15, -0.1) is 0 Å². The fourth-order valence-electron chi connectivity index (χ4n) is 1.61. The summed E-state index contributed by atoms with van der Waals surface area (Å²) in [5.74, 6) is 0. The number of nitrogens with two attached hydrogens (primary N) is 1. The van der Waals surface area contributed by atoms with Gasteiger partial charge in [-0.05, 0) is 42.8 Å². The van der Waals surface area contributed by atoms with Crippen LogP contribution in [0.4, 0.5) is 0 Å². The van der Waals surface area contributed by atoms with E-state index in [0.717, 1.165) is 24.8 Å². The summed E-state index contributed by atoms with van der Waals surface area (Å²) in [5.41, 5.74) is 7.13. The molecule has 0 aliphatic rings. The SMILES string of the molecule is CC(N)c1cc(Br)ccc1Sc1ccccc1Cl. The lowest BCUT2D eigenvalue weighted by Gasteiger charge is -2.13. The quantitative estimate of drug-likeness (QED) is 0.822. The second-order valence-corrected chi connectivity index (χ2v) is 6.41. The molecule has 0 amide bonds. The lowest BCUT2D eigenvalue weighted by Crippen LogP contribution is -2.06. The van der Waals surface area contributed by atoms with E-state index < -0.39 is 0 Å².